The molecule has 1 N–H and O–H groups in total. The molecule has 0 aliphatic carbocycles. The highest BCUT2D eigenvalue weighted by molar-refractivity contribution is 5.89. The van der Waals surface area contributed by atoms with Crippen LogP contribution in [0.5, 0.6) is 0 Å². The van der Waals surface area contributed by atoms with Gasteiger partial charge in [0.15, 0.2) is 12.4 Å². The standard InChI is InChI=1S/C9H13NO5/c1-6(11)15-5-8(12)7-3-2-4-10(7)9(13)14/h7H,2-5H2,1H3,(H,13,14)/t7-/m0/s1. The lowest BCUT2D eigenvalue weighted by atomic mass is 10.1. The van der Waals surface area contributed by atoms with E-state index in [9.17, 15) is 14.4 Å². The highest BCUT2D eigenvalue weighted by Crippen LogP contribution is 2.18. The number of hydrogen-bond donors (Lipinski definition) is 1. The summed E-state index contributed by atoms with van der Waals surface area (Å²) in [6.07, 6.45) is 0.0727. The highest BCUT2D eigenvalue weighted by atomic mass is 16.5. The number of carbonyl (C=O) groups excluding carboxylic acids is 2. The molecule has 6 nitrogen and oxygen atoms in total. The minimum Gasteiger partial charge on any atom is -0.465 e. The second kappa shape index (κ2) is 4.77. The molecule has 1 amide bonds. The van der Waals surface area contributed by atoms with Crippen LogP contribution in [0.15, 0.2) is 0 Å². The molecule has 0 spiro atoms. The van der Waals surface area contributed by atoms with Crippen LogP contribution in [-0.4, -0.2) is 47.0 Å². The summed E-state index contributed by atoms with van der Waals surface area (Å²) in [5, 5.41) is 8.78. The Morgan fingerprint density at radius 1 is 1.47 bits per heavy atom. The van der Waals surface area contributed by atoms with Crippen LogP contribution >= 0.6 is 0 Å². The normalized spacial score (nSPS) is 20.1. The van der Waals surface area contributed by atoms with Crippen LogP contribution in [0, 0.1) is 0 Å². The Bertz CT molecular complexity index is 288. The molecule has 1 rings (SSSR count). The average molecular weight is 215 g/mol. The van der Waals surface area contributed by atoms with Gasteiger partial charge < -0.3 is 9.84 Å². The van der Waals surface area contributed by atoms with Crippen molar-refractivity contribution in [2.75, 3.05) is 13.2 Å². The first kappa shape index (κ1) is 11.5. The number of hydrogen-bond acceptors (Lipinski definition) is 4. The van der Waals surface area contributed by atoms with E-state index >= 15 is 0 Å². The van der Waals surface area contributed by atoms with E-state index in [2.05, 4.69) is 4.74 Å². The zero-order valence-corrected chi connectivity index (χ0v) is 8.43. The highest BCUT2D eigenvalue weighted by Gasteiger charge is 2.33. The maximum atomic E-state index is 11.5. The number of rotatable bonds is 3. The summed E-state index contributed by atoms with van der Waals surface area (Å²) in [5.74, 6) is -0.895. The van der Waals surface area contributed by atoms with Gasteiger partial charge in [-0.15, -0.1) is 0 Å². The Labute approximate surface area is 86.8 Å². The number of nitrogens with zero attached hydrogens (tertiary/aromatic N) is 1. The van der Waals surface area contributed by atoms with E-state index in [0.29, 0.717) is 19.4 Å². The lowest BCUT2D eigenvalue weighted by molar-refractivity contribution is -0.146. The van der Waals surface area contributed by atoms with Crippen molar-refractivity contribution in [3.63, 3.8) is 0 Å². The van der Waals surface area contributed by atoms with Gasteiger partial charge in [-0.05, 0) is 12.8 Å². The van der Waals surface area contributed by atoms with Crippen LogP contribution in [0.1, 0.15) is 19.8 Å². The monoisotopic (exact) mass is 215 g/mol. The largest absolute Gasteiger partial charge is 0.465 e. The van der Waals surface area contributed by atoms with E-state index < -0.39 is 18.1 Å². The van der Waals surface area contributed by atoms with Crippen molar-refractivity contribution in [2.45, 2.75) is 25.8 Å². The van der Waals surface area contributed by atoms with Crippen molar-refractivity contribution in [3.8, 4) is 0 Å². The molecule has 1 atom stereocenters. The summed E-state index contributed by atoms with van der Waals surface area (Å²) < 4.78 is 4.54. The summed E-state index contributed by atoms with van der Waals surface area (Å²) in [6, 6.07) is -0.651. The van der Waals surface area contributed by atoms with Gasteiger partial charge in [-0.25, -0.2) is 4.79 Å². The van der Waals surface area contributed by atoms with Crippen LogP contribution in [0.4, 0.5) is 4.79 Å². The number of Topliss-reactive ketones (excluding diaryl/α,β-unsaturated/α-hetero) is 1. The van der Waals surface area contributed by atoms with Gasteiger partial charge in [-0.2, -0.15) is 0 Å². The first-order chi connectivity index (χ1) is 7.02. The number of ether oxygens (including phenoxy) is 1. The molecular weight excluding hydrogens is 202 g/mol. The van der Waals surface area contributed by atoms with Gasteiger partial charge in [0, 0.05) is 13.5 Å². The molecule has 1 heterocycles. The molecule has 1 aliphatic heterocycles. The summed E-state index contributed by atoms with van der Waals surface area (Å²) in [4.78, 5) is 33.8. The Morgan fingerprint density at radius 3 is 2.67 bits per heavy atom. The Kier molecular flexibility index (Phi) is 3.65. The number of carbonyl (C=O) groups is 3. The first-order valence-electron chi connectivity index (χ1n) is 4.68. The molecule has 0 unspecified atom stereocenters. The van der Waals surface area contributed by atoms with E-state index in [-0.39, 0.29) is 12.4 Å². The average Bonchev–Trinajstić information content (AvgIpc) is 2.62. The summed E-state index contributed by atoms with van der Waals surface area (Å²) in [6.45, 7) is 1.23. The third kappa shape index (κ3) is 2.93. The number of likely N-dealkylation sites (tertiary alicyclic amines) is 1. The quantitative estimate of drug-likeness (QED) is 0.683. The predicted octanol–water partition coefficient (Wildman–Crippen LogP) is 0.261. The Balaban J connectivity index is 2.51. The second-order valence-electron chi connectivity index (χ2n) is 3.38. The van der Waals surface area contributed by atoms with Crippen molar-refractivity contribution in [2.24, 2.45) is 0 Å². The van der Waals surface area contributed by atoms with Gasteiger partial charge in [0.25, 0.3) is 0 Å². The Morgan fingerprint density at radius 2 is 2.13 bits per heavy atom. The van der Waals surface area contributed by atoms with Crippen LogP contribution in [0.25, 0.3) is 0 Å². The Hall–Kier alpha value is -1.59. The molecule has 0 aromatic heterocycles. The zero-order chi connectivity index (χ0) is 11.4. The summed E-state index contributed by atoms with van der Waals surface area (Å²) in [7, 11) is 0. The molecule has 6 heteroatoms. The molecule has 0 aromatic rings. The molecule has 1 saturated heterocycles. The van der Waals surface area contributed by atoms with E-state index in [1.807, 2.05) is 0 Å². The molecule has 84 valence electrons. The second-order valence-corrected chi connectivity index (χ2v) is 3.38. The number of carboxylic acid groups (broad SMARTS) is 1. The van der Waals surface area contributed by atoms with Gasteiger partial charge >= 0.3 is 12.1 Å². The molecule has 1 aliphatic rings. The smallest absolute Gasteiger partial charge is 0.407 e. The molecule has 0 saturated carbocycles. The molecule has 0 aromatic carbocycles. The van der Waals surface area contributed by atoms with Crippen LogP contribution in [-0.2, 0) is 14.3 Å². The van der Waals surface area contributed by atoms with Crippen LogP contribution < -0.4 is 0 Å². The summed E-state index contributed by atoms with van der Waals surface area (Å²) in [5.41, 5.74) is 0. The number of esters is 1. The SMILES string of the molecule is CC(=O)OCC(=O)[C@@H]1CCCN1C(=O)O. The first-order valence-corrected chi connectivity index (χ1v) is 4.68. The van der Waals surface area contributed by atoms with Gasteiger partial charge in [0.1, 0.15) is 0 Å². The van der Waals surface area contributed by atoms with Gasteiger partial charge in [-0.3, -0.25) is 14.5 Å². The van der Waals surface area contributed by atoms with E-state index in [1.54, 1.807) is 0 Å². The van der Waals surface area contributed by atoms with E-state index in [0.717, 1.165) is 4.90 Å². The fourth-order valence-electron chi connectivity index (χ4n) is 1.60. The fourth-order valence-corrected chi connectivity index (χ4v) is 1.60. The molecule has 0 radical (unpaired) electrons. The topological polar surface area (TPSA) is 83.9 Å². The molecular formula is C9H13NO5. The zero-order valence-electron chi connectivity index (χ0n) is 8.43. The lowest BCUT2D eigenvalue weighted by Gasteiger charge is -2.19. The van der Waals surface area contributed by atoms with Gasteiger partial charge in [0.05, 0.1) is 6.04 Å². The van der Waals surface area contributed by atoms with Crippen molar-refractivity contribution in [1.82, 2.24) is 4.90 Å². The van der Waals surface area contributed by atoms with Crippen molar-refractivity contribution in [3.05, 3.63) is 0 Å². The number of ketones is 1. The maximum Gasteiger partial charge on any atom is 0.407 e. The van der Waals surface area contributed by atoms with Crippen LogP contribution in [0.3, 0.4) is 0 Å². The predicted molar refractivity (Wildman–Crippen MR) is 49.4 cm³/mol. The van der Waals surface area contributed by atoms with Crippen molar-refractivity contribution in [1.29, 1.82) is 0 Å². The summed E-state index contributed by atoms with van der Waals surface area (Å²) >= 11 is 0. The van der Waals surface area contributed by atoms with Crippen molar-refractivity contribution >= 4 is 17.8 Å². The maximum absolute atomic E-state index is 11.5. The van der Waals surface area contributed by atoms with E-state index in [4.69, 9.17) is 5.11 Å². The molecule has 1 fully saturated rings. The minimum absolute atomic E-state index is 0.343. The lowest BCUT2D eigenvalue weighted by Crippen LogP contribution is -2.41. The number of amides is 1. The van der Waals surface area contributed by atoms with Gasteiger partial charge in [-0.1, -0.05) is 0 Å². The fraction of sp³-hybridized carbons (Fsp3) is 0.667. The third-order valence-electron chi connectivity index (χ3n) is 2.29. The van der Waals surface area contributed by atoms with Crippen molar-refractivity contribution < 1.29 is 24.2 Å². The molecule has 15 heavy (non-hydrogen) atoms. The van der Waals surface area contributed by atoms with E-state index in [1.165, 1.54) is 6.92 Å². The molecule has 0 bridgehead atoms. The van der Waals surface area contributed by atoms with Gasteiger partial charge in [0.2, 0.25) is 0 Å². The third-order valence-corrected chi connectivity index (χ3v) is 2.29. The van der Waals surface area contributed by atoms with Crippen LogP contribution in [0.2, 0.25) is 0 Å². The minimum atomic E-state index is -1.10.